The molecule has 124 valence electrons. The van der Waals surface area contributed by atoms with Gasteiger partial charge in [0.05, 0.1) is 18.8 Å². The first kappa shape index (κ1) is 16.2. The third-order valence-corrected chi connectivity index (χ3v) is 5.89. The highest BCUT2D eigenvalue weighted by molar-refractivity contribution is 7.89. The van der Waals surface area contributed by atoms with Crippen LogP contribution in [0.25, 0.3) is 0 Å². The first-order valence-electron chi connectivity index (χ1n) is 7.67. The molecule has 1 aliphatic rings. The Morgan fingerprint density at radius 2 is 2.04 bits per heavy atom. The fraction of sp³-hybridized carbons (Fsp3) is 0.438. The van der Waals surface area contributed by atoms with Gasteiger partial charge in [-0.05, 0) is 24.3 Å². The summed E-state index contributed by atoms with van der Waals surface area (Å²) in [5, 5.41) is 14.1. The van der Waals surface area contributed by atoms with Gasteiger partial charge in [0, 0.05) is 19.8 Å². The van der Waals surface area contributed by atoms with Crippen molar-refractivity contribution in [3.63, 3.8) is 0 Å². The maximum Gasteiger partial charge on any atom is 0.246 e. The lowest BCUT2D eigenvalue weighted by Crippen LogP contribution is -2.35. The zero-order valence-electron chi connectivity index (χ0n) is 13.0. The fourth-order valence-electron chi connectivity index (χ4n) is 2.51. The molecule has 1 heterocycles. The van der Waals surface area contributed by atoms with Crippen LogP contribution >= 0.6 is 0 Å². The van der Waals surface area contributed by atoms with Gasteiger partial charge < -0.3 is 5.11 Å². The second-order valence-electron chi connectivity index (χ2n) is 6.05. The summed E-state index contributed by atoms with van der Waals surface area (Å²) >= 11 is 0. The van der Waals surface area contributed by atoms with Gasteiger partial charge in [0.15, 0.2) is 0 Å². The Morgan fingerprint density at radius 3 is 2.70 bits per heavy atom. The first-order valence-corrected chi connectivity index (χ1v) is 9.11. The first-order chi connectivity index (χ1) is 11.0. The van der Waals surface area contributed by atoms with Gasteiger partial charge in [-0.1, -0.05) is 30.3 Å². The minimum absolute atomic E-state index is 0.122. The number of rotatable bonds is 7. The molecule has 0 amide bonds. The van der Waals surface area contributed by atoms with E-state index in [9.17, 15) is 13.5 Å². The summed E-state index contributed by atoms with van der Waals surface area (Å²) in [6, 6.07) is 9.73. The van der Waals surface area contributed by atoms with Gasteiger partial charge in [0.1, 0.15) is 4.90 Å². The average Bonchev–Trinajstić information content (AvgIpc) is 3.28. The van der Waals surface area contributed by atoms with Crippen LogP contribution in [0.1, 0.15) is 18.4 Å². The SMILES string of the molecule is CN(CC(O)C1CC1)S(=O)(=O)c1cnn(Cc2ccccc2)c1. The number of benzene rings is 1. The van der Waals surface area contributed by atoms with E-state index in [1.54, 1.807) is 4.68 Å². The van der Waals surface area contributed by atoms with Crippen molar-refractivity contribution >= 4 is 10.0 Å². The van der Waals surface area contributed by atoms with Crippen molar-refractivity contribution in [2.45, 2.75) is 30.4 Å². The molecule has 1 aliphatic carbocycles. The Kier molecular flexibility index (Phi) is 4.52. The van der Waals surface area contributed by atoms with Gasteiger partial charge in [0.25, 0.3) is 0 Å². The van der Waals surface area contributed by atoms with Gasteiger partial charge in [-0.3, -0.25) is 4.68 Å². The monoisotopic (exact) mass is 335 g/mol. The van der Waals surface area contributed by atoms with E-state index in [-0.39, 0.29) is 17.4 Å². The predicted octanol–water partition coefficient (Wildman–Crippen LogP) is 1.32. The van der Waals surface area contributed by atoms with Crippen molar-refractivity contribution in [3.8, 4) is 0 Å². The van der Waals surface area contributed by atoms with E-state index in [1.807, 2.05) is 30.3 Å². The maximum absolute atomic E-state index is 12.5. The lowest BCUT2D eigenvalue weighted by atomic mass is 10.2. The van der Waals surface area contributed by atoms with Crippen molar-refractivity contribution < 1.29 is 13.5 Å². The molecule has 0 radical (unpaired) electrons. The highest BCUT2D eigenvalue weighted by Gasteiger charge is 2.33. The van der Waals surface area contributed by atoms with Crippen LogP contribution in [0, 0.1) is 5.92 Å². The van der Waals surface area contributed by atoms with E-state index in [0.717, 1.165) is 18.4 Å². The molecule has 1 fully saturated rings. The van der Waals surface area contributed by atoms with E-state index in [4.69, 9.17) is 0 Å². The quantitative estimate of drug-likeness (QED) is 0.828. The summed E-state index contributed by atoms with van der Waals surface area (Å²) in [6.45, 7) is 0.641. The Hall–Kier alpha value is -1.70. The number of aliphatic hydroxyl groups excluding tert-OH is 1. The van der Waals surface area contributed by atoms with Crippen LogP contribution in [-0.2, 0) is 16.6 Å². The minimum Gasteiger partial charge on any atom is -0.391 e. The molecule has 0 spiro atoms. The molecule has 0 aliphatic heterocycles. The fourth-order valence-corrected chi connectivity index (χ4v) is 3.65. The molecule has 2 aromatic rings. The smallest absolute Gasteiger partial charge is 0.246 e. The second kappa shape index (κ2) is 6.43. The Balaban J connectivity index is 1.70. The standard InChI is InChI=1S/C16H21N3O3S/c1-18(12-16(20)14-7-8-14)23(21,22)15-9-17-19(11-15)10-13-5-3-2-4-6-13/h2-6,9,11,14,16,20H,7-8,10,12H2,1H3. The van der Waals surface area contributed by atoms with Crippen LogP contribution in [0.3, 0.4) is 0 Å². The zero-order chi connectivity index (χ0) is 16.4. The molecule has 1 aromatic heterocycles. The molecule has 3 rings (SSSR count). The van der Waals surface area contributed by atoms with E-state index < -0.39 is 16.1 Å². The summed E-state index contributed by atoms with van der Waals surface area (Å²) in [5.74, 6) is 0.244. The predicted molar refractivity (Wildman–Crippen MR) is 86.3 cm³/mol. The van der Waals surface area contributed by atoms with Gasteiger partial charge in [-0.25, -0.2) is 8.42 Å². The largest absolute Gasteiger partial charge is 0.391 e. The van der Waals surface area contributed by atoms with Gasteiger partial charge in [-0.2, -0.15) is 9.40 Å². The van der Waals surface area contributed by atoms with Crippen molar-refractivity contribution in [1.29, 1.82) is 0 Å². The van der Waals surface area contributed by atoms with Crippen molar-refractivity contribution in [1.82, 2.24) is 14.1 Å². The van der Waals surface area contributed by atoms with E-state index in [2.05, 4.69) is 5.10 Å². The van der Waals surface area contributed by atoms with Crippen LogP contribution in [0.15, 0.2) is 47.6 Å². The summed E-state index contributed by atoms with van der Waals surface area (Å²) < 4.78 is 27.9. The molecule has 1 atom stereocenters. The summed E-state index contributed by atoms with van der Waals surface area (Å²) in [4.78, 5) is 0.152. The Morgan fingerprint density at radius 1 is 1.35 bits per heavy atom. The Bertz CT molecular complexity index is 754. The third kappa shape index (κ3) is 3.80. The number of hydrogen-bond acceptors (Lipinski definition) is 4. The molecule has 1 N–H and O–H groups in total. The Labute approximate surface area is 136 Å². The van der Waals surface area contributed by atoms with Gasteiger partial charge in [0.2, 0.25) is 10.0 Å². The van der Waals surface area contributed by atoms with Crippen LogP contribution in [0.4, 0.5) is 0 Å². The van der Waals surface area contributed by atoms with Crippen molar-refractivity contribution in [3.05, 3.63) is 48.3 Å². The molecule has 0 saturated heterocycles. The van der Waals surface area contributed by atoms with E-state index in [1.165, 1.54) is 23.7 Å². The number of sulfonamides is 1. The number of likely N-dealkylation sites (N-methyl/N-ethyl adjacent to an activating group) is 1. The normalized spacial score (nSPS) is 16.7. The summed E-state index contributed by atoms with van der Waals surface area (Å²) in [5.41, 5.74) is 1.05. The zero-order valence-corrected chi connectivity index (χ0v) is 13.9. The highest BCUT2D eigenvalue weighted by Crippen LogP contribution is 2.33. The van der Waals surface area contributed by atoms with Gasteiger partial charge >= 0.3 is 0 Å². The molecule has 1 saturated carbocycles. The maximum atomic E-state index is 12.5. The van der Waals surface area contributed by atoms with Crippen molar-refractivity contribution in [2.75, 3.05) is 13.6 Å². The van der Waals surface area contributed by atoms with Crippen LogP contribution in [0.2, 0.25) is 0 Å². The van der Waals surface area contributed by atoms with Gasteiger partial charge in [-0.15, -0.1) is 0 Å². The molecular weight excluding hydrogens is 314 g/mol. The lowest BCUT2D eigenvalue weighted by Gasteiger charge is -2.19. The number of hydrogen-bond donors (Lipinski definition) is 1. The third-order valence-electron chi connectivity index (χ3n) is 4.12. The molecule has 1 aromatic carbocycles. The summed E-state index contributed by atoms with van der Waals surface area (Å²) in [7, 11) is -2.13. The summed E-state index contributed by atoms with van der Waals surface area (Å²) in [6.07, 6.45) is 4.25. The molecule has 1 unspecified atom stereocenters. The number of aliphatic hydroxyl groups is 1. The average molecular weight is 335 g/mol. The van der Waals surface area contributed by atoms with Crippen LogP contribution < -0.4 is 0 Å². The minimum atomic E-state index is -3.62. The molecule has 0 bridgehead atoms. The molecule has 23 heavy (non-hydrogen) atoms. The number of aromatic nitrogens is 2. The molecule has 6 nitrogen and oxygen atoms in total. The van der Waals surface area contributed by atoms with Crippen LogP contribution in [0.5, 0.6) is 0 Å². The molecular formula is C16H21N3O3S. The lowest BCUT2D eigenvalue weighted by molar-refractivity contribution is 0.131. The highest BCUT2D eigenvalue weighted by atomic mass is 32.2. The van der Waals surface area contributed by atoms with Crippen LogP contribution in [-0.4, -0.2) is 47.3 Å². The topological polar surface area (TPSA) is 75.4 Å². The molecule has 7 heteroatoms. The number of nitrogens with zero attached hydrogens (tertiary/aromatic N) is 3. The second-order valence-corrected chi connectivity index (χ2v) is 8.09. The van der Waals surface area contributed by atoms with E-state index >= 15 is 0 Å². The van der Waals surface area contributed by atoms with Crippen molar-refractivity contribution in [2.24, 2.45) is 5.92 Å². The van der Waals surface area contributed by atoms with E-state index in [0.29, 0.717) is 6.54 Å².